The van der Waals surface area contributed by atoms with Crippen LogP contribution >= 0.6 is 0 Å². The van der Waals surface area contributed by atoms with Gasteiger partial charge in [-0.1, -0.05) is 12.1 Å². The van der Waals surface area contributed by atoms with Crippen LogP contribution in [0.15, 0.2) is 71.4 Å². The van der Waals surface area contributed by atoms with Gasteiger partial charge in [-0.25, -0.2) is 0 Å². The van der Waals surface area contributed by atoms with Crippen LogP contribution in [0.25, 0.3) is 27.7 Å². The van der Waals surface area contributed by atoms with Crippen LogP contribution in [0.3, 0.4) is 0 Å². The highest BCUT2D eigenvalue weighted by Gasteiger charge is 2.19. The zero-order chi connectivity index (χ0) is 25.7. The Bertz CT molecular complexity index is 1380. The molecule has 4 aromatic rings. The first-order chi connectivity index (χ1) is 17.4. The van der Waals surface area contributed by atoms with Crippen molar-refractivity contribution in [3.05, 3.63) is 78.1 Å². The molecule has 0 radical (unpaired) electrons. The lowest BCUT2D eigenvalue weighted by Crippen LogP contribution is -2.09. The summed E-state index contributed by atoms with van der Waals surface area (Å²) in [4.78, 5) is 12.8. The van der Waals surface area contributed by atoms with Gasteiger partial charge >= 0.3 is 0 Å². The molecule has 1 aromatic heterocycles. The van der Waals surface area contributed by atoms with E-state index in [9.17, 15) is 4.79 Å². The number of benzene rings is 3. The quantitative estimate of drug-likeness (QED) is 0.253. The van der Waals surface area contributed by atoms with E-state index in [1.807, 2.05) is 58.0 Å². The highest BCUT2D eigenvalue weighted by molar-refractivity contribution is 6.06. The molecule has 1 N–H and O–H groups in total. The lowest BCUT2D eigenvalue weighted by Gasteiger charge is -2.15. The Morgan fingerprint density at radius 1 is 0.972 bits per heavy atom. The van der Waals surface area contributed by atoms with Gasteiger partial charge in [-0.2, -0.15) is 0 Å². The number of allylic oxidation sites excluding steroid dienone is 1. The molecular formula is C30H31NO5. The summed E-state index contributed by atoms with van der Waals surface area (Å²) in [5, 5.41) is 3.86. The minimum atomic E-state index is -0.225. The zero-order valence-electron chi connectivity index (χ0n) is 21.3. The van der Waals surface area contributed by atoms with E-state index in [1.165, 1.54) is 0 Å². The van der Waals surface area contributed by atoms with Crippen molar-refractivity contribution in [2.75, 3.05) is 25.6 Å². The van der Waals surface area contributed by atoms with Crippen molar-refractivity contribution in [1.82, 2.24) is 0 Å². The van der Waals surface area contributed by atoms with Gasteiger partial charge in [0, 0.05) is 33.8 Å². The van der Waals surface area contributed by atoms with Gasteiger partial charge in [0.25, 0.3) is 0 Å². The maximum Gasteiger partial charge on any atom is 0.248 e. The van der Waals surface area contributed by atoms with E-state index in [0.29, 0.717) is 24.7 Å². The molecule has 0 fully saturated rings. The Labute approximate surface area is 211 Å². The minimum absolute atomic E-state index is 0.225. The van der Waals surface area contributed by atoms with Crippen LogP contribution in [0.5, 0.6) is 17.2 Å². The molecule has 1 heterocycles. The first-order valence-corrected chi connectivity index (χ1v) is 12.0. The second kappa shape index (κ2) is 11.0. The molecule has 0 saturated heterocycles. The van der Waals surface area contributed by atoms with Crippen LogP contribution in [0.4, 0.5) is 5.69 Å². The van der Waals surface area contributed by atoms with E-state index in [0.717, 1.165) is 50.3 Å². The van der Waals surface area contributed by atoms with E-state index in [-0.39, 0.29) is 5.91 Å². The van der Waals surface area contributed by atoms with Gasteiger partial charge in [-0.05, 0) is 81.3 Å². The Hall–Kier alpha value is -4.19. The lowest BCUT2D eigenvalue weighted by molar-refractivity contribution is -0.111. The summed E-state index contributed by atoms with van der Waals surface area (Å²) >= 11 is 0. The van der Waals surface area contributed by atoms with E-state index in [2.05, 4.69) is 5.32 Å². The average Bonchev–Trinajstić information content (AvgIpc) is 3.31. The van der Waals surface area contributed by atoms with E-state index < -0.39 is 0 Å². The minimum Gasteiger partial charge on any atom is -0.497 e. The van der Waals surface area contributed by atoms with E-state index in [1.54, 1.807) is 43.7 Å². The van der Waals surface area contributed by atoms with Gasteiger partial charge in [-0.3, -0.25) is 4.79 Å². The van der Waals surface area contributed by atoms with Gasteiger partial charge in [-0.15, -0.1) is 0 Å². The highest BCUT2D eigenvalue weighted by Crippen LogP contribution is 2.41. The zero-order valence-corrected chi connectivity index (χ0v) is 21.3. The number of amides is 1. The van der Waals surface area contributed by atoms with Crippen LogP contribution in [-0.2, 0) is 4.79 Å². The summed E-state index contributed by atoms with van der Waals surface area (Å²) in [5.74, 6) is 2.04. The molecule has 0 aliphatic heterocycles. The van der Waals surface area contributed by atoms with Gasteiger partial charge in [0.05, 0.1) is 26.6 Å². The second-order valence-corrected chi connectivity index (χ2v) is 8.34. The fraction of sp³-hybridized carbons (Fsp3) is 0.233. The van der Waals surface area contributed by atoms with Crippen molar-refractivity contribution in [2.24, 2.45) is 0 Å². The number of aryl methyl sites for hydroxylation is 1. The van der Waals surface area contributed by atoms with E-state index in [4.69, 9.17) is 18.6 Å². The second-order valence-electron chi connectivity index (χ2n) is 8.34. The Morgan fingerprint density at radius 3 is 2.28 bits per heavy atom. The van der Waals surface area contributed by atoms with Crippen LogP contribution in [0.1, 0.15) is 31.9 Å². The summed E-state index contributed by atoms with van der Waals surface area (Å²) < 4.78 is 22.8. The largest absolute Gasteiger partial charge is 0.497 e. The SMILES string of the molecule is CCOc1ccc(-c2coc3c(C)c(OCC)c(/C(C)=C/C(=O)Nc4ccc(OC)cc4)cc23)cc1. The predicted molar refractivity (Wildman–Crippen MR) is 144 cm³/mol. The third kappa shape index (κ3) is 5.23. The molecule has 186 valence electrons. The fourth-order valence-electron chi connectivity index (χ4n) is 4.19. The fourth-order valence-corrected chi connectivity index (χ4v) is 4.19. The standard InChI is InChI=1S/C30H31NO5/c1-6-34-24-12-8-21(9-13-24)27-18-36-30-20(4)29(35-7-2)25(17-26(27)30)19(3)16-28(32)31-22-10-14-23(33-5)15-11-22/h8-18H,6-7H2,1-5H3,(H,31,32)/b19-16+. The number of methoxy groups -OCH3 is 1. The number of fused-ring (bicyclic) bond motifs is 1. The third-order valence-corrected chi connectivity index (χ3v) is 5.94. The predicted octanol–water partition coefficient (Wildman–Crippen LogP) is 7.26. The molecule has 0 saturated carbocycles. The Kier molecular flexibility index (Phi) is 7.64. The summed E-state index contributed by atoms with van der Waals surface area (Å²) in [6, 6.07) is 17.2. The number of rotatable bonds is 9. The Morgan fingerprint density at radius 2 is 1.64 bits per heavy atom. The van der Waals surface area contributed by atoms with Crippen molar-refractivity contribution in [1.29, 1.82) is 0 Å². The summed E-state index contributed by atoms with van der Waals surface area (Å²) in [5.41, 5.74) is 5.97. The van der Waals surface area contributed by atoms with Crippen LogP contribution in [-0.4, -0.2) is 26.2 Å². The first kappa shape index (κ1) is 24.9. The number of nitrogens with one attached hydrogen (secondary N) is 1. The molecule has 3 aromatic carbocycles. The number of ether oxygens (including phenoxy) is 3. The van der Waals surface area contributed by atoms with Gasteiger partial charge in [0.15, 0.2) is 0 Å². The molecule has 0 aliphatic carbocycles. The molecule has 6 nitrogen and oxygen atoms in total. The highest BCUT2D eigenvalue weighted by atomic mass is 16.5. The molecule has 0 spiro atoms. The maximum absolute atomic E-state index is 12.8. The lowest BCUT2D eigenvalue weighted by atomic mass is 9.96. The van der Waals surface area contributed by atoms with Crippen molar-refractivity contribution in [3.8, 4) is 28.4 Å². The van der Waals surface area contributed by atoms with E-state index >= 15 is 0 Å². The molecule has 4 rings (SSSR count). The summed E-state index contributed by atoms with van der Waals surface area (Å²) in [6.07, 6.45) is 3.35. The van der Waals surface area contributed by atoms with Gasteiger partial charge in [0.2, 0.25) is 5.91 Å². The number of furan rings is 1. The third-order valence-electron chi connectivity index (χ3n) is 5.94. The van der Waals surface area contributed by atoms with Crippen molar-refractivity contribution < 1.29 is 23.4 Å². The summed E-state index contributed by atoms with van der Waals surface area (Å²) in [6.45, 7) is 8.91. The average molecular weight is 486 g/mol. The molecule has 36 heavy (non-hydrogen) atoms. The van der Waals surface area contributed by atoms with Crippen LogP contribution in [0, 0.1) is 6.92 Å². The molecular weight excluding hydrogens is 454 g/mol. The van der Waals surface area contributed by atoms with Crippen molar-refractivity contribution in [3.63, 3.8) is 0 Å². The van der Waals surface area contributed by atoms with Crippen LogP contribution in [0.2, 0.25) is 0 Å². The molecule has 6 heteroatoms. The number of hydrogen-bond donors (Lipinski definition) is 1. The van der Waals surface area contributed by atoms with Gasteiger partial charge < -0.3 is 23.9 Å². The first-order valence-electron chi connectivity index (χ1n) is 12.0. The van der Waals surface area contributed by atoms with Crippen LogP contribution < -0.4 is 19.5 Å². The monoisotopic (exact) mass is 485 g/mol. The smallest absolute Gasteiger partial charge is 0.248 e. The number of hydrogen-bond acceptors (Lipinski definition) is 5. The normalized spacial score (nSPS) is 11.4. The maximum atomic E-state index is 12.8. The molecule has 0 unspecified atom stereocenters. The number of anilines is 1. The van der Waals surface area contributed by atoms with Crippen molar-refractivity contribution in [2.45, 2.75) is 27.7 Å². The topological polar surface area (TPSA) is 69.9 Å². The molecule has 0 atom stereocenters. The van der Waals surface area contributed by atoms with Gasteiger partial charge in [0.1, 0.15) is 22.8 Å². The number of carbonyl (C=O) groups is 1. The summed E-state index contributed by atoms with van der Waals surface area (Å²) in [7, 11) is 1.61. The molecule has 0 aliphatic rings. The molecule has 0 bridgehead atoms. The number of carbonyl (C=O) groups excluding carboxylic acids is 1. The molecule has 1 amide bonds. The Balaban J connectivity index is 1.72. The van der Waals surface area contributed by atoms with Crippen molar-refractivity contribution >= 4 is 28.1 Å².